The minimum atomic E-state index is -0.430. The summed E-state index contributed by atoms with van der Waals surface area (Å²) in [6, 6.07) is 14.8. The summed E-state index contributed by atoms with van der Waals surface area (Å²) in [7, 11) is 0. The monoisotopic (exact) mass is 434 g/mol. The van der Waals surface area contributed by atoms with Gasteiger partial charge in [0.15, 0.2) is 5.17 Å². The number of aromatic nitrogens is 1. The van der Waals surface area contributed by atoms with Gasteiger partial charge in [-0.25, -0.2) is 4.99 Å². The Morgan fingerprint density at radius 2 is 1.90 bits per heavy atom. The second-order valence-corrected chi connectivity index (χ2v) is 7.97. The Bertz CT molecular complexity index is 1260. The van der Waals surface area contributed by atoms with E-state index in [1.54, 1.807) is 36.4 Å². The summed E-state index contributed by atoms with van der Waals surface area (Å²) in [4.78, 5) is 27.8. The van der Waals surface area contributed by atoms with Crippen LogP contribution in [0.5, 0.6) is 5.75 Å². The Hall–Kier alpha value is -3.85. The number of nitro groups is 1. The smallest absolute Gasteiger partial charge is 0.269 e. The van der Waals surface area contributed by atoms with E-state index in [1.807, 2.05) is 24.5 Å². The molecular weight excluding hydrogens is 416 g/mol. The molecule has 0 unspecified atom stereocenters. The van der Waals surface area contributed by atoms with Gasteiger partial charge in [0.1, 0.15) is 5.75 Å². The first-order chi connectivity index (χ1) is 14.8. The van der Waals surface area contributed by atoms with Crippen LogP contribution in [-0.2, 0) is 4.79 Å². The number of aryl methyl sites for hydroxylation is 1. The third-order valence-corrected chi connectivity index (χ3v) is 5.70. The molecule has 8 nitrogen and oxygen atoms in total. The molecule has 0 radical (unpaired) electrons. The second-order valence-electron chi connectivity index (χ2n) is 6.94. The fourth-order valence-electron chi connectivity index (χ4n) is 3.36. The van der Waals surface area contributed by atoms with Crippen molar-refractivity contribution in [2.75, 3.05) is 0 Å². The third-order valence-electron chi connectivity index (χ3n) is 4.79. The number of thioether (sulfide) groups is 1. The van der Waals surface area contributed by atoms with Crippen molar-refractivity contribution in [1.82, 2.24) is 9.88 Å². The maximum Gasteiger partial charge on any atom is 0.269 e. The van der Waals surface area contributed by atoms with Crippen LogP contribution in [0.3, 0.4) is 0 Å². The zero-order valence-electron chi connectivity index (χ0n) is 16.7. The molecule has 1 aliphatic heterocycles. The highest BCUT2D eigenvalue weighted by Gasteiger charge is 2.24. The average Bonchev–Trinajstić information content (AvgIpc) is 3.20. The molecule has 156 valence electrons. The highest BCUT2D eigenvalue weighted by molar-refractivity contribution is 8.18. The minimum Gasteiger partial charge on any atom is -0.508 e. The van der Waals surface area contributed by atoms with E-state index in [9.17, 15) is 20.0 Å². The van der Waals surface area contributed by atoms with Gasteiger partial charge in [-0.1, -0.05) is 6.07 Å². The Labute approximate surface area is 182 Å². The van der Waals surface area contributed by atoms with Crippen LogP contribution < -0.4 is 5.32 Å². The number of aliphatic imine (C=N–C) groups is 1. The highest BCUT2D eigenvalue weighted by atomic mass is 32.2. The summed E-state index contributed by atoms with van der Waals surface area (Å²) < 4.78 is 1.98. The number of hydrogen-bond donors (Lipinski definition) is 2. The second kappa shape index (κ2) is 8.11. The number of carbonyl (C=O) groups is 1. The molecule has 1 aromatic heterocycles. The molecule has 3 aromatic rings. The number of benzene rings is 2. The van der Waals surface area contributed by atoms with Gasteiger partial charge in [0.05, 0.1) is 15.5 Å². The molecule has 0 saturated carbocycles. The number of nitro benzene ring substituents is 1. The van der Waals surface area contributed by atoms with Gasteiger partial charge >= 0.3 is 0 Å². The Morgan fingerprint density at radius 1 is 1.16 bits per heavy atom. The summed E-state index contributed by atoms with van der Waals surface area (Å²) >= 11 is 1.22. The Balaban J connectivity index is 1.63. The lowest BCUT2D eigenvalue weighted by Gasteiger charge is -2.09. The molecule has 1 fully saturated rings. The number of nitrogens with one attached hydrogen (secondary N) is 1. The highest BCUT2D eigenvalue weighted by Crippen LogP contribution is 2.31. The number of nitrogens with zero attached hydrogens (tertiary/aromatic N) is 3. The quantitative estimate of drug-likeness (QED) is 0.354. The zero-order valence-corrected chi connectivity index (χ0v) is 17.5. The van der Waals surface area contributed by atoms with Gasteiger partial charge in [0.2, 0.25) is 0 Å². The zero-order chi connectivity index (χ0) is 22.1. The van der Waals surface area contributed by atoms with E-state index in [0.717, 1.165) is 22.6 Å². The predicted molar refractivity (Wildman–Crippen MR) is 121 cm³/mol. The molecule has 0 spiro atoms. The van der Waals surface area contributed by atoms with E-state index in [2.05, 4.69) is 10.3 Å². The summed E-state index contributed by atoms with van der Waals surface area (Å²) in [6.45, 7) is 3.87. The van der Waals surface area contributed by atoms with Crippen LogP contribution in [-0.4, -0.2) is 25.7 Å². The molecule has 2 heterocycles. The van der Waals surface area contributed by atoms with Crippen molar-refractivity contribution in [2.24, 2.45) is 4.99 Å². The summed E-state index contributed by atoms with van der Waals surface area (Å²) in [5.41, 5.74) is 4.10. The lowest BCUT2D eigenvalue weighted by atomic mass is 10.2. The van der Waals surface area contributed by atoms with Crippen LogP contribution in [0.2, 0.25) is 0 Å². The number of phenolic OH excluding ortho intramolecular Hbond substituents is 1. The summed E-state index contributed by atoms with van der Waals surface area (Å²) in [6.07, 6.45) is 1.80. The molecule has 1 amide bonds. The SMILES string of the molecule is Cc1cc(/C=C2\SC(=Nc3cccc(O)c3)NC2=O)c(C)n1-c1ccc([N+](=O)[O-])cc1. The van der Waals surface area contributed by atoms with E-state index >= 15 is 0 Å². The molecule has 0 bridgehead atoms. The number of amides is 1. The topological polar surface area (TPSA) is 110 Å². The van der Waals surface area contributed by atoms with E-state index in [1.165, 1.54) is 30.0 Å². The summed E-state index contributed by atoms with van der Waals surface area (Å²) in [5.74, 6) is -0.144. The number of carbonyl (C=O) groups excluding carboxylic acids is 1. The van der Waals surface area contributed by atoms with Crippen LogP contribution in [0.4, 0.5) is 11.4 Å². The van der Waals surface area contributed by atoms with Crippen LogP contribution in [0.25, 0.3) is 11.8 Å². The number of aromatic hydroxyl groups is 1. The number of rotatable bonds is 4. The van der Waals surface area contributed by atoms with Crippen LogP contribution in [0.15, 0.2) is 64.5 Å². The first-order valence-corrected chi connectivity index (χ1v) is 10.2. The molecule has 2 aromatic carbocycles. The van der Waals surface area contributed by atoms with Crippen LogP contribution in [0, 0.1) is 24.0 Å². The average molecular weight is 434 g/mol. The lowest BCUT2D eigenvalue weighted by Crippen LogP contribution is -2.19. The number of phenols is 1. The van der Waals surface area contributed by atoms with E-state index in [-0.39, 0.29) is 17.3 Å². The Kier molecular flexibility index (Phi) is 5.35. The molecule has 1 saturated heterocycles. The van der Waals surface area contributed by atoms with Gasteiger partial charge in [-0.15, -0.1) is 0 Å². The van der Waals surface area contributed by atoms with Gasteiger partial charge in [0, 0.05) is 35.3 Å². The van der Waals surface area contributed by atoms with Crippen molar-refractivity contribution < 1.29 is 14.8 Å². The van der Waals surface area contributed by atoms with Crippen LogP contribution in [0.1, 0.15) is 17.0 Å². The molecule has 0 aliphatic carbocycles. The molecule has 1 aliphatic rings. The first-order valence-electron chi connectivity index (χ1n) is 9.34. The fraction of sp³-hybridized carbons (Fsp3) is 0.0909. The van der Waals surface area contributed by atoms with Gasteiger partial charge in [-0.05, 0) is 67.6 Å². The lowest BCUT2D eigenvalue weighted by molar-refractivity contribution is -0.384. The van der Waals surface area contributed by atoms with Crippen molar-refractivity contribution in [3.05, 3.63) is 86.6 Å². The van der Waals surface area contributed by atoms with Crippen molar-refractivity contribution in [2.45, 2.75) is 13.8 Å². The number of non-ortho nitro benzene ring substituents is 1. The van der Waals surface area contributed by atoms with Gasteiger partial charge in [-0.3, -0.25) is 14.9 Å². The molecular formula is C22H18N4O4S. The Morgan fingerprint density at radius 3 is 2.58 bits per heavy atom. The van der Waals surface area contributed by atoms with Gasteiger partial charge in [-0.2, -0.15) is 0 Å². The fourth-order valence-corrected chi connectivity index (χ4v) is 4.19. The third kappa shape index (κ3) is 4.22. The van der Waals surface area contributed by atoms with E-state index in [0.29, 0.717) is 15.8 Å². The predicted octanol–water partition coefficient (Wildman–Crippen LogP) is 4.60. The normalized spacial score (nSPS) is 16.1. The molecule has 9 heteroatoms. The van der Waals surface area contributed by atoms with Crippen molar-refractivity contribution in [3.63, 3.8) is 0 Å². The number of hydrogen-bond acceptors (Lipinski definition) is 6. The van der Waals surface area contributed by atoms with E-state index in [4.69, 9.17) is 0 Å². The minimum absolute atomic E-state index is 0.0335. The van der Waals surface area contributed by atoms with Crippen molar-refractivity contribution in [3.8, 4) is 11.4 Å². The van der Waals surface area contributed by atoms with Crippen LogP contribution >= 0.6 is 11.8 Å². The first kappa shape index (κ1) is 20.4. The molecule has 0 atom stereocenters. The van der Waals surface area contributed by atoms with E-state index < -0.39 is 4.92 Å². The van der Waals surface area contributed by atoms with Gasteiger partial charge in [0.25, 0.3) is 11.6 Å². The van der Waals surface area contributed by atoms with Crippen molar-refractivity contribution >= 4 is 40.3 Å². The maximum atomic E-state index is 12.4. The molecule has 31 heavy (non-hydrogen) atoms. The number of amidine groups is 1. The van der Waals surface area contributed by atoms with Crippen molar-refractivity contribution in [1.29, 1.82) is 0 Å². The molecule has 4 rings (SSSR count). The standard InChI is InChI=1S/C22H18N4O4S/c1-13-10-15(14(2)25(13)17-6-8-18(9-7-17)26(29)30)11-20-21(28)24-22(31-20)23-16-4-3-5-19(27)12-16/h3-12,27H,1-2H3,(H,23,24,28)/b20-11-. The molecule has 2 N–H and O–H groups in total. The largest absolute Gasteiger partial charge is 0.508 e. The maximum absolute atomic E-state index is 12.4. The van der Waals surface area contributed by atoms with Gasteiger partial charge < -0.3 is 15.0 Å². The summed E-state index contributed by atoms with van der Waals surface area (Å²) in [5, 5.41) is 23.6.